The second kappa shape index (κ2) is 6.74. The summed E-state index contributed by atoms with van der Waals surface area (Å²) in [5, 5.41) is 13.2. The minimum Gasteiger partial charge on any atom is -0.478 e. The molecular weight excluding hydrogens is 344 g/mol. The molecule has 2 aromatic heterocycles. The molecule has 0 bridgehead atoms. The second-order valence-electron chi connectivity index (χ2n) is 5.25. The number of nitrogens with one attached hydrogen (secondary N) is 1. The number of carboxylic acid groups (broad SMARTS) is 1. The van der Waals surface area contributed by atoms with Crippen molar-refractivity contribution < 1.29 is 14.7 Å². The van der Waals surface area contributed by atoms with E-state index in [9.17, 15) is 9.59 Å². The fourth-order valence-electron chi connectivity index (χ4n) is 2.34. The van der Waals surface area contributed by atoms with E-state index >= 15 is 0 Å². The van der Waals surface area contributed by atoms with E-state index in [-0.39, 0.29) is 5.56 Å². The van der Waals surface area contributed by atoms with Gasteiger partial charge in [0, 0.05) is 6.20 Å². The van der Waals surface area contributed by atoms with E-state index in [1.807, 2.05) is 0 Å². The molecular formula is C17H13ClN4O3. The summed E-state index contributed by atoms with van der Waals surface area (Å²) in [6.45, 7) is 1.73. The van der Waals surface area contributed by atoms with Crippen LogP contribution in [-0.4, -0.2) is 32.6 Å². The van der Waals surface area contributed by atoms with Gasteiger partial charge in [-0.25, -0.2) is 15.2 Å². The number of fused-ring (bicyclic) bond motifs is 1. The molecule has 0 aliphatic carbocycles. The van der Waals surface area contributed by atoms with Crippen molar-refractivity contribution in [2.24, 2.45) is 5.10 Å². The number of rotatable bonds is 4. The van der Waals surface area contributed by atoms with E-state index in [4.69, 9.17) is 16.7 Å². The summed E-state index contributed by atoms with van der Waals surface area (Å²) >= 11 is 5.97. The lowest BCUT2D eigenvalue weighted by Gasteiger charge is -2.02. The van der Waals surface area contributed by atoms with Crippen molar-refractivity contribution in [2.45, 2.75) is 6.92 Å². The minimum absolute atomic E-state index is 0.180. The molecule has 3 aromatic rings. The second-order valence-corrected chi connectivity index (χ2v) is 5.68. The molecule has 0 spiro atoms. The smallest absolute Gasteiger partial charge is 0.335 e. The molecule has 0 unspecified atom stereocenters. The lowest BCUT2D eigenvalue weighted by molar-refractivity contribution is 0.0696. The number of amides is 1. The molecule has 0 radical (unpaired) electrons. The third kappa shape index (κ3) is 3.51. The molecule has 7 nitrogen and oxygen atoms in total. The van der Waals surface area contributed by atoms with Gasteiger partial charge in [-0.3, -0.25) is 9.20 Å². The zero-order chi connectivity index (χ0) is 18.0. The first kappa shape index (κ1) is 16.7. The van der Waals surface area contributed by atoms with E-state index in [0.29, 0.717) is 27.6 Å². The summed E-state index contributed by atoms with van der Waals surface area (Å²) in [6.07, 6.45) is 3.04. The maximum absolute atomic E-state index is 12.4. The third-order valence-electron chi connectivity index (χ3n) is 3.51. The number of benzene rings is 1. The van der Waals surface area contributed by atoms with Gasteiger partial charge >= 0.3 is 5.97 Å². The van der Waals surface area contributed by atoms with Gasteiger partial charge in [-0.05, 0) is 36.8 Å². The van der Waals surface area contributed by atoms with Crippen molar-refractivity contribution in [1.82, 2.24) is 14.8 Å². The van der Waals surface area contributed by atoms with Crippen LogP contribution in [-0.2, 0) is 0 Å². The third-order valence-corrected chi connectivity index (χ3v) is 3.73. The minimum atomic E-state index is -1.00. The average molecular weight is 357 g/mol. The molecule has 0 saturated heterocycles. The zero-order valence-electron chi connectivity index (χ0n) is 13.1. The summed E-state index contributed by atoms with van der Waals surface area (Å²) in [5.74, 6) is -1.43. The van der Waals surface area contributed by atoms with Crippen LogP contribution in [0.25, 0.3) is 5.65 Å². The van der Waals surface area contributed by atoms with Gasteiger partial charge in [0.15, 0.2) is 0 Å². The molecule has 0 aliphatic heterocycles. The monoisotopic (exact) mass is 356 g/mol. The summed E-state index contributed by atoms with van der Waals surface area (Å²) < 4.78 is 1.60. The van der Waals surface area contributed by atoms with Gasteiger partial charge in [0.1, 0.15) is 11.3 Å². The molecule has 8 heteroatoms. The topological polar surface area (TPSA) is 96.1 Å². The van der Waals surface area contributed by atoms with Crippen LogP contribution in [0, 0.1) is 6.92 Å². The molecule has 126 valence electrons. The van der Waals surface area contributed by atoms with Gasteiger partial charge < -0.3 is 5.11 Å². The number of aryl methyl sites for hydroxylation is 1. The molecule has 0 saturated carbocycles. The van der Waals surface area contributed by atoms with Crippen molar-refractivity contribution in [1.29, 1.82) is 0 Å². The number of hydrazone groups is 1. The number of carbonyl (C=O) groups excluding carboxylic acids is 1. The van der Waals surface area contributed by atoms with Crippen LogP contribution in [0.5, 0.6) is 0 Å². The number of nitrogens with zero attached hydrogens (tertiary/aromatic N) is 3. The van der Waals surface area contributed by atoms with Crippen molar-refractivity contribution in [2.75, 3.05) is 0 Å². The van der Waals surface area contributed by atoms with E-state index in [1.165, 1.54) is 18.3 Å². The van der Waals surface area contributed by atoms with Crippen LogP contribution in [0.15, 0.2) is 47.7 Å². The Hall–Kier alpha value is -3.19. The number of halogens is 1. The molecule has 0 atom stereocenters. The molecule has 3 rings (SSSR count). The highest BCUT2D eigenvalue weighted by molar-refractivity contribution is 6.30. The van der Waals surface area contributed by atoms with Crippen LogP contribution in [0.3, 0.4) is 0 Å². The standard InChI is InChI=1S/C17H13ClN4O3/c1-10-15(22-9-13(18)6-7-14(22)20-10)16(23)21-19-8-11-2-4-12(5-3-11)17(24)25/h2-9H,1H3,(H,21,23)(H,24,25)/b19-8+. The number of aromatic nitrogens is 2. The fourth-order valence-corrected chi connectivity index (χ4v) is 2.50. The summed E-state index contributed by atoms with van der Waals surface area (Å²) in [6, 6.07) is 9.53. The predicted octanol–water partition coefficient (Wildman–Crippen LogP) is 2.76. The number of hydrogen-bond acceptors (Lipinski definition) is 4. The van der Waals surface area contributed by atoms with Crippen LogP contribution >= 0.6 is 11.6 Å². The van der Waals surface area contributed by atoms with Crippen LogP contribution in [0.1, 0.15) is 32.1 Å². The summed E-state index contributed by atoms with van der Waals surface area (Å²) in [5.41, 5.74) is 4.78. The SMILES string of the molecule is Cc1nc2ccc(Cl)cn2c1C(=O)N/N=C/c1ccc(C(=O)O)cc1. The molecule has 1 aromatic carbocycles. The Bertz CT molecular complexity index is 993. The number of carboxylic acids is 1. The zero-order valence-corrected chi connectivity index (χ0v) is 13.9. The first-order chi connectivity index (χ1) is 12.0. The summed E-state index contributed by atoms with van der Waals surface area (Å²) in [4.78, 5) is 27.5. The molecule has 2 N–H and O–H groups in total. The Morgan fingerprint density at radius 2 is 1.96 bits per heavy atom. The average Bonchev–Trinajstić information content (AvgIpc) is 2.90. The quantitative estimate of drug-likeness (QED) is 0.555. The Labute approximate surface area is 147 Å². The van der Waals surface area contributed by atoms with Crippen LogP contribution in [0.4, 0.5) is 0 Å². The van der Waals surface area contributed by atoms with E-state index in [2.05, 4.69) is 15.5 Å². The normalized spacial score (nSPS) is 11.1. The van der Waals surface area contributed by atoms with Crippen molar-refractivity contribution >= 4 is 35.3 Å². The number of imidazole rings is 1. The predicted molar refractivity (Wildman–Crippen MR) is 93.4 cm³/mol. The van der Waals surface area contributed by atoms with Gasteiger partial charge in [-0.2, -0.15) is 5.10 Å². The lowest BCUT2D eigenvalue weighted by atomic mass is 10.1. The largest absolute Gasteiger partial charge is 0.478 e. The lowest BCUT2D eigenvalue weighted by Crippen LogP contribution is -2.20. The van der Waals surface area contributed by atoms with E-state index < -0.39 is 11.9 Å². The maximum Gasteiger partial charge on any atom is 0.335 e. The molecule has 0 aliphatic rings. The Balaban J connectivity index is 1.77. The highest BCUT2D eigenvalue weighted by Crippen LogP contribution is 2.16. The van der Waals surface area contributed by atoms with Crippen molar-refractivity contribution in [3.63, 3.8) is 0 Å². The number of carbonyl (C=O) groups is 2. The van der Waals surface area contributed by atoms with Gasteiger partial charge in [0.05, 0.1) is 22.5 Å². The van der Waals surface area contributed by atoms with Gasteiger partial charge in [-0.15, -0.1) is 0 Å². The summed E-state index contributed by atoms with van der Waals surface area (Å²) in [7, 11) is 0. The highest BCUT2D eigenvalue weighted by Gasteiger charge is 2.16. The van der Waals surface area contributed by atoms with Crippen LogP contribution in [0.2, 0.25) is 5.02 Å². The molecule has 1 amide bonds. The van der Waals surface area contributed by atoms with Gasteiger partial charge in [0.25, 0.3) is 5.91 Å². The molecule has 25 heavy (non-hydrogen) atoms. The maximum atomic E-state index is 12.4. The molecule has 0 fully saturated rings. The van der Waals surface area contributed by atoms with Gasteiger partial charge in [-0.1, -0.05) is 23.7 Å². The first-order valence-corrected chi connectivity index (χ1v) is 7.64. The Morgan fingerprint density at radius 3 is 2.64 bits per heavy atom. The number of pyridine rings is 1. The molecule has 2 heterocycles. The van der Waals surface area contributed by atoms with Crippen LogP contribution < -0.4 is 5.43 Å². The van der Waals surface area contributed by atoms with Crippen molar-refractivity contribution in [3.8, 4) is 0 Å². The van der Waals surface area contributed by atoms with E-state index in [0.717, 1.165) is 0 Å². The number of hydrogen-bond donors (Lipinski definition) is 2. The van der Waals surface area contributed by atoms with E-state index in [1.54, 1.807) is 41.8 Å². The fraction of sp³-hybridized carbons (Fsp3) is 0.0588. The Kier molecular flexibility index (Phi) is 4.49. The number of aromatic carboxylic acids is 1. The van der Waals surface area contributed by atoms with Crippen molar-refractivity contribution in [3.05, 3.63) is 70.1 Å². The highest BCUT2D eigenvalue weighted by atomic mass is 35.5. The first-order valence-electron chi connectivity index (χ1n) is 7.26. The Morgan fingerprint density at radius 1 is 1.24 bits per heavy atom. The van der Waals surface area contributed by atoms with Gasteiger partial charge in [0.2, 0.25) is 0 Å².